The molecule has 0 unspecified atom stereocenters. The number of hydrogen-bond donors (Lipinski definition) is 1. The lowest BCUT2D eigenvalue weighted by Crippen LogP contribution is -2.03. The van der Waals surface area contributed by atoms with E-state index in [-0.39, 0.29) is 5.91 Å². The van der Waals surface area contributed by atoms with Gasteiger partial charge in [0.25, 0.3) is 5.91 Å². The summed E-state index contributed by atoms with van der Waals surface area (Å²) in [5.74, 6) is -0.0804. The quantitative estimate of drug-likeness (QED) is 0.770. The predicted molar refractivity (Wildman–Crippen MR) is 83.9 cm³/mol. The van der Waals surface area contributed by atoms with Gasteiger partial charge in [0.2, 0.25) is 0 Å². The van der Waals surface area contributed by atoms with Crippen molar-refractivity contribution in [2.45, 2.75) is 13.8 Å². The molecule has 1 aliphatic rings. The highest BCUT2D eigenvalue weighted by Crippen LogP contribution is 2.35. The lowest BCUT2D eigenvalue weighted by atomic mass is 10.00. The number of amides is 1. The second-order valence-corrected chi connectivity index (χ2v) is 5.50. The molecule has 0 atom stereocenters. The number of rotatable bonds is 1. The van der Waals surface area contributed by atoms with Crippen LogP contribution < -0.4 is 5.32 Å². The van der Waals surface area contributed by atoms with Crippen molar-refractivity contribution in [1.82, 2.24) is 0 Å². The van der Waals surface area contributed by atoms with Crippen LogP contribution in [-0.2, 0) is 4.79 Å². The summed E-state index contributed by atoms with van der Waals surface area (Å²) >= 11 is 6.03. The van der Waals surface area contributed by atoms with E-state index in [9.17, 15) is 4.79 Å². The lowest BCUT2D eigenvalue weighted by Gasteiger charge is -2.04. The van der Waals surface area contributed by atoms with Crippen LogP contribution >= 0.6 is 11.6 Å². The number of aryl methyl sites for hydroxylation is 2. The highest BCUT2D eigenvalue weighted by Gasteiger charge is 2.24. The molecule has 3 rings (SSSR count). The van der Waals surface area contributed by atoms with E-state index in [2.05, 4.69) is 23.5 Å². The Kier molecular flexibility index (Phi) is 3.11. The second-order valence-electron chi connectivity index (χ2n) is 5.06. The van der Waals surface area contributed by atoms with Crippen molar-refractivity contribution in [3.63, 3.8) is 0 Å². The van der Waals surface area contributed by atoms with Gasteiger partial charge in [0.05, 0.1) is 0 Å². The van der Waals surface area contributed by atoms with Gasteiger partial charge < -0.3 is 5.32 Å². The number of carbonyl (C=O) groups excluding carboxylic acids is 1. The van der Waals surface area contributed by atoms with E-state index in [1.807, 2.05) is 32.1 Å². The summed E-state index contributed by atoms with van der Waals surface area (Å²) in [6.45, 7) is 4.08. The minimum absolute atomic E-state index is 0.0804. The molecule has 2 nitrogen and oxygen atoms in total. The fourth-order valence-corrected chi connectivity index (χ4v) is 2.55. The summed E-state index contributed by atoms with van der Waals surface area (Å²) in [6, 6.07) is 11.6. The minimum Gasteiger partial charge on any atom is -0.321 e. The van der Waals surface area contributed by atoms with Crippen LogP contribution in [0.4, 0.5) is 5.69 Å². The minimum atomic E-state index is -0.0804. The topological polar surface area (TPSA) is 29.1 Å². The van der Waals surface area contributed by atoms with Crippen LogP contribution in [0.2, 0.25) is 5.02 Å². The molecule has 1 heterocycles. The average Bonchev–Trinajstić information content (AvgIpc) is 2.70. The van der Waals surface area contributed by atoms with Crippen molar-refractivity contribution in [3.8, 4) is 0 Å². The third kappa shape index (κ3) is 2.23. The molecule has 0 spiro atoms. The number of fused-ring (bicyclic) bond motifs is 1. The summed E-state index contributed by atoms with van der Waals surface area (Å²) < 4.78 is 0. The fourth-order valence-electron chi connectivity index (χ4n) is 2.37. The first kappa shape index (κ1) is 12.9. The first-order valence-corrected chi connectivity index (χ1v) is 6.82. The molecule has 0 fully saturated rings. The number of benzene rings is 2. The van der Waals surface area contributed by atoms with Gasteiger partial charge in [-0.25, -0.2) is 0 Å². The Morgan fingerprint density at radius 2 is 1.90 bits per heavy atom. The first-order valence-electron chi connectivity index (χ1n) is 6.45. The predicted octanol–water partition coefficient (Wildman–Crippen LogP) is 4.45. The Morgan fingerprint density at radius 1 is 1.10 bits per heavy atom. The lowest BCUT2D eigenvalue weighted by molar-refractivity contribution is -0.110. The van der Waals surface area contributed by atoms with Gasteiger partial charge in [0, 0.05) is 21.8 Å². The van der Waals surface area contributed by atoms with E-state index >= 15 is 0 Å². The monoisotopic (exact) mass is 283 g/mol. The van der Waals surface area contributed by atoms with Crippen molar-refractivity contribution in [2.75, 3.05) is 5.32 Å². The SMILES string of the molecule is Cc1ccc(C)c(/C=C2/C(=O)Nc3ccc(Cl)cc32)c1. The van der Waals surface area contributed by atoms with Gasteiger partial charge in [0.15, 0.2) is 0 Å². The van der Waals surface area contributed by atoms with Crippen molar-refractivity contribution in [1.29, 1.82) is 0 Å². The van der Waals surface area contributed by atoms with Gasteiger partial charge in [-0.2, -0.15) is 0 Å². The van der Waals surface area contributed by atoms with E-state index in [1.54, 1.807) is 6.07 Å². The Labute approximate surface area is 123 Å². The first-order chi connectivity index (χ1) is 9.54. The van der Waals surface area contributed by atoms with Gasteiger partial charge in [-0.3, -0.25) is 4.79 Å². The van der Waals surface area contributed by atoms with Gasteiger partial charge in [-0.15, -0.1) is 0 Å². The maximum atomic E-state index is 12.1. The molecular weight excluding hydrogens is 270 g/mol. The number of hydrogen-bond acceptors (Lipinski definition) is 1. The Balaban J connectivity index is 2.15. The maximum absolute atomic E-state index is 12.1. The molecule has 2 aromatic carbocycles. The van der Waals surface area contributed by atoms with Crippen molar-refractivity contribution >= 4 is 34.8 Å². The summed E-state index contributed by atoms with van der Waals surface area (Å²) in [6.07, 6.45) is 1.93. The molecule has 0 bridgehead atoms. The third-order valence-electron chi connectivity index (χ3n) is 3.50. The van der Waals surface area contributed by atoms with Crippen LogP contribution in [0.5, 0.6) is 0 Å². The van der Waals surface area contributed by atoms with Crippen molar-refractivity contribution in [2.24, 2.45) is 0 Å². The highest BCUT2D eigenvalue weighted by atomic mass is 35.5. The molecule has 0 aliphatic carbocycles. The van der Waals surface area contributed by atoms with Crippen molar-refractivity contribution < 1.29 is 4.79 Å². The third-order valence-corrected chi connectivity index (χ3v) is 3.73. The van der Waals surface area contributed by atoms with Gasteiger partial charge in [0.1, 0.15) is 0 Å². The molecule has 100 valence electrons. The molecule has 0 aromatic heterocycles. The average molecular weight is 284 g/mol. The maximum Gasteiger partial charge on any atom is 0.256 e. The van der Waals surface area contributed by atoms with E-state index in [1.165, 1.54) is 5.56 Å². The molecule has 0 radical (unpaired) electrons. The molecule has 1 aliphatic heterocycles. The van der Waals surface area contributed by atoms with Crippen LogP contribution in [0.15, 0.2) is 36.4 Å². The number of carbonyl (C=O) groups is 1. The summed E-state index contributed by atoms with van der Waals surface area (Å²) in [4.78, 5) is 12.1. The van der Waals surface area contributed by atoms with Crippen LogP contribution in [0.25, 0.3) is 11.6 Å². The highest BCUT2D eigenvalue weighted by molar-refractivity contribution is 6.36. The van der Waals surface area contributed by atoms with Crippen LogP contribution in [0, 0.1) is 13.8 Å². The molecule has 3 heteroatoms. The molecule has 20 heavy (non-hydrogen) atoms. The summed E-state index contributed by atoms with van der Waals surface area (Å²) in [5, 5.41) is 3.49. The number of halogens is 1. The van der Waals surface area contributed by atoms with Gasteiger partial charge >= 0.3 is 0 Å². The van der Waals surface area contributed by atoms with Crippen LogP contribution in [-0.4, -0.2) is 5.91 Å². The zero-order valence-corrected chi connectivity index (χ0v) is 12.1. The standard InChI is InChI=1S/C17H14ClNO/c1-10-3-4-11(2)12(7-10)8-15-14-9-13(18)5-6-16(14)19-17(15)20/h3-9H,1-2H3,(H,19,20)/b15-8+. The Hall–Kier alpha value is -2.06. The largest absolute Gasteiger partial charge is 0.321 e. The molecule has 0 saturated heterocycles. The Bertz CT molecular complexity index is 747. The van der Waals surface area contributed by atoms with E-state index in [0.717, 1.165) is 22.4 Å². The van der Waals surface area contributed by atoms with Crippen LogP contribution in [0.3, 0.4) is 0 Å². The Morgan fingerprint density at radius 3 is 2.70 bits per heavy atom. The molecular formula is C17H14ClNO. The molecule has 0 saturated carbocycles. The smallest absolute Gasteiger partial charge is 0.256 e. The summed E-state index contributed by atoms with van der Waals surface area (Å²) in [5.41, 5.74) is 5.72. The number of anilines is 1. The zero-order chi connectivity index (χ0) is 14.3. The van der Waals surface area contributed by atoms with Crippen molar-refractivity contribution in [3.05, 3.63) is 63.7 Å². The van der Waals surface area contributed by atoms with Gasteiger partial charge in [-0.1, -0.05) is 35.4 Å². The fraction of sp³-hybridized carbons (Fsp3) is 0.118. The molecule has 1 amide bonds. The van der Waals surface area contributed by atoms with E-state index < -0.39 is 0 Å². The molecule has 2 aromatic rings. The van der Waals surface area contributed by atoms with Gasteiger partial charge in [-0.05, 0) is 49.2 Å². The van der Waals surface area contributed by atoms with E-state index in [4.69, 9.17) is 11.6 Å². The summed E-state index contributed by atoms with van der Waals surface area (Å²) in [7, 11) is 0. The van der Waals surface area contributed by atoms with Crippen LogP contribution in [0.1, 0.15) is 22.3 Å². The normalized spacial score (nSPS) is 15.3. The second kappa shape index (κ2) is 4.80. The zero-order valence-electron chi connectivity index (χ0n) is 11.3. The number of nitrogens with one attached hydrogen (secondary N) is 1. The molecule has 1 N–H and O–H groups in total. The van der Waals surface area contributed by atoms with E-state index in [0.29, 0.717) is 10.6 Å².